The monoisotopic (exact) mass is 221 g/mol. The van der Waals surface area contributed by atoms with Gasteiger partial charge in [0.05, 0.1) is 0 Å². The zero-order valence-corrected chi connectivity index (χ0v) is 9.95. The van der Waals surface area contributed by atoms with Crippen LogP contribution in [-0.2, 0) is 0 Å². The van der Waals surface area contributed by atoms with Crippen LogP contribution >= 0.6 is 0 Å². The van der Waals surface area contributed by atoms with Crippen molar-refractivity contribution in [1.29, 1.82) is 0 Å². The van der Waals surface area contributed by atoms with E-state index in [9.17, 15) is 0 Å². The summed E-state index contributed by atoms with van der Waals surface area (Å²) in [6.07, 6.45) is 5.69. The van der Waals surface area contributed by atoms with Crippen LogP contribution in [0.4, 0.5) is 11.8 Å². The highest BCUT2D eigenvalue weighted by molar-refractivity contribution is 5.45. The molecule has 0 spiro atoms. The smallest absolute Gasteiger partial charge is 0.224 e. The van der Waals surface area contributed by atoms with E-state index in [0.29, 0.717) is 5.95 Å². The Labute approximate surface area is 96.2 Å². The number of hydrazine groups is 1. The minimum Gasteiger partial charge on any atom is -0.357 e. The van der Waals surface area contributed by atoms with E-state index in [1.165, 1.54) is 19.3 Å². The molecule has 2 rings (SSSR count). The maximum absolute atomic E-state index is 4.41. The maximum Gasteiger partial charge on any atom is 0.224 e. The number of aryl methyl sites for hydroxylation is 1. The third-order valence-corrected chi connectivity index (χ3v) is 2.82. The highest BCUT2D eigenvalue weighted by atomic mass is 15.5. The van der Waals surface area contributed by atoms with E-state index >= 15 is 0 Å². The molecule has 5 heteroatoms. The molecule has 1 saturated heterocycles. The summed E-state index contributed by atoms with van der Waals surface area (Å²) in [7, 11) is 1.83. The molecule has 1 aromatic heterocycles. The number of hydrogen-bond donors (Lipinski definition) is 2. The molecule has 0 bridgehead atoms. The first-order valence-corrected chi connectivity index (χ1v) is 5.82. The highest BCUT2D eigenvalue weighted by Gasteiger charge is 2.11. The molecule has 1 aromatic rings. The summed E-state index contributed by atoms with van der Waals surface area (Å²) in [5, 5.41) is 5.19. The van der Waals surface area contributed by atoms with Crippen LogP contribution in [0.25, 0.3) is 0 Å². The molecule has 0 radical (unpaired) electrons. The zero-order chi connectivity index (χ0) is 11.4. The van der Waals surface area contributed by atoms with Crippen molar-refractivity contribution < 1.29 is 0 Å². The molecule has 0 saturated carbocycles. The van der Waals surface area contributed by atoms with Gasteiger partial charge in [0.1, 0.15) is 5.82 Å². The fourth-order valence-corrected chi connectivity index (χ4v) is 1.83. The van der Waals surface area contributed by atoms with Gasteiger partial charge in [-0.2, -0.15) is 4.98 Å². The van der Waals surface area contributed by atoms with Gasteiger partial charge in [-0.15, -0.1) is 0 Å². The molecule has 0 atom stereocenters. The minimum atomic E-state index is 0.658. The summed E-state index contributed by atoms with van der Waals surface area (Å²) < 4.78 is 0. The van der Waals surface area contributed by atoms with E-state index < -0.39 is 0 Å². The number of piperidine rings is 1. The number of anilines is 2. The Morgan fingerprint density at radius 3 is 2.69 bits per heavy atom. The zero-order valence-electron chi connectivity index (χ0n) is 9.95. The van der Waals surface area contributed by atoms with E-state index in [-0.39, 0.29) is 0 Å². The molecule has 2 N–H and O–H groups in total. The second-order valence-electron chi connectivity index (χ2n) is 4.13. The lowest BCUT2D eigenvalue weighted by molar-refractivity contribution is 0.272. The van der Waals surface area contributed by atoms with Gasteiger partial charge in [-0.3, -0.25) is 0 Å². The van der Waals surface area contributed by atoms with Crippen LogP contribution in [0.2, 0.25) is 0 Å². The molecule has 0 amide bonds. The first-order valence-electron chi connectivity index (χ1n) is 5.82. The quantitative estimate of drug-likeness (QED) is 0.812. The van der Waals surface area contributed by atoms with E-state index in [1.54, 1.807) is 0 Å². The molecule has 1 aliphatic rings. The van der Waals surface area contributed by atoms with Crippen molar-refractivity contribution in [1.82, 2.24) is 15.0 Å². The third-order valence-electron chi connectivity index (χ3n) is 2.82. The Bertz CT molecular complexity index is 346. The van der Waals surface area contributed by atoms with E-state index in [4.69, 9.17) is 0 Å². The Morgan fingerprint density at radius 2 is 2.00 bits per heavy atom. The molecule has 0 aromatic carbocycles. The van der Waals surface area contributed by atoms with E-state index in [2.05, 4.69) is 25.7 Å². The maximum atomic E-state index is 4.41. The van der Waals surface area contributed by atoms with Gasteiger partial charge in [0.2, 0.25) is 5.95 Å². The van der Waals surface area contributed by atoms with E-state index in [1.807, 2.05) is 20.2 Å². The summed E-state index contributed by atoms with van der Waals surface area (Å²) in [6, 6.07) is 0. The Kier molecular flexibility index (Phi) is 3.56. The second-order valence-corrected chi connectivity index (χ2v) is 4.13. The van der Waals surface area contributed by atoms with Crippen LogP contribution in [0.1, 0.15) is 24.8 Å². The van der Waals surface area contributed by atoms with Crippen molar-refractivity contribution in [3.8, 4) is 0 Å². The molecule has 2 heterocycles. The lowest BCUT2D eigenvalue weighted by Gasteiger charge is -2.27. The van der Waals surface area contributed by atoms with Gasteiger partial charge in [-0.25, -0.2) is 9.99 Å². The number of hydrogen-bond acceptors (Lipinski definition) is 5. The van der Waals surface area contributed by atoms with Gasteiger partial charge < -0.3 is 10.7 Å². The molecular weight excluding hydrogens is 202 g/mol. The Morgan fingerprint density at radius 1 is 1.25 bits per heavy atom. The average molecular weight is 221 g/mol. The number of rotatable bonds is 3. The largest absolute Gasteiger partial charge is 0.357 e. The van der Waals surface area contributed by atoms with Crippen LogP contribution in [-0.4, -0.2) is 35.1 Å². The first kappa shape index (κ1) is 11.1. The molecule has 1 aliphatic heterocycles. The van der Waals surface area contributed by atoms with Crippen molar-refractivity contribution in [3.63, 3.8) is 0 Å². The number of nitrogens with one attached hydrogen (secondary N) is 2. The summed E-state index contributed by atoms with van der Waals surface area (Å²) in [5.41, 5.74) is 4.44. The molecule has 0 aliphatic carbocycles. The Hall–Kier alpha value is -1.36. The summed E-state index contributed by atoms with van der Waals surface area (Å²) >= 11 is 0. The predicted molar refractivity (Wildman–Crippen MR) is 65.4 cm³/mol. The second kappa shape index (κ2) is 5.12. The van der Waals surface area contributed by atoms with Crippen molar-refractivity contribution in [2.45, 2.75) is 26.2 Å². The van der Waals surface area contributed by atoms with Crippen LogP contribution in [0.3, 0.4) is 0 Å². The number of nitrogens with zero attached hydrogens (tertiary/aromatic N) is 3. The predicted octanol–water partition coefficient (Wildman–Crippen LogP) is 1.64. The van der Waals surface area contributed by atoms with Crippen LogP contribution in [0.5, 0.6) is 0 Å². The Balaban J connectivity index is 2.06. The first-order chi connectivity index (χ1) is 7.79. The van der Waals surface area contributed by atoms with Crippen molar-refractivity contribution in [2.24, 2.45) is 0 Å². The van der Waals surface area contributed by atoms with Gasteiger partial charge in [0.25, 0.3) is 0 Å². The topological polar surface area (TPSA) is 53.1 Å². The standard InChI is InChI=1S/C11H19N5/c1-9-8-13-11(12-2)14-10(9)15-16-6-4-3-5-7-16/h8H,3-7H2,1-2H3,(H2,12,13,14,15). The lowest BCUT2D eigenvalue weighted by Crippen LogP contribution is -2.35. The van der Waals surface area contributed by atoms with Crippen LogP contribution in [0, 0.1) is 6.92 Å². The van der Waals surface area contributed by atoms with Gasteiger partial charge in [-0.05, 0) is 19.8 Å². The fourth-order valence-electron chi connectivity index (χ4n) is 1.83. The molecule has 5 nitrogen and oxygen atoms in total. The molecule has 16 heavy (non-hydrogen) atoms. The van der Waals surface area contributed by atoms with Crippen molar-refractivity contribution in [2.75, 3.05) is 30.9 Å². The van der Waals surface area contributed by atoms with Gasteiger partial charge in [-0.1, -0.05) is 6.42 Å². The molecular formula is C11H19N5. The van der Waals surface area contributed by atoms with Gasteiger partial charge >= 0.3 is 0 Å². The average Bonchev–Trinajstić information content (AvgIpc) is 2.33. The van der Waals surface area contributed by atoms with Gasteiger partial charge in [0.15, 0.2) is 0 Å². The van der Waals surface area contributed by atoms with Crippen LogP contribution < -0.4 is 10.7 Å². The lowest BCUT2D eigenvalue weighted by atomic mass is 10.2. The van der Waals surface area contributed by atoms with E-state index in [0.717, 1.165) is 24.5 Å². The van der Waals surface area contributed by atoms with Crippen molar-refractivity contribution >= 4 is 11.8 Å². The highest BCUT2D eigenvalue weighted by Crippen LogP contribution is 2.15. The van der Waals surface area contributed by atoms with Crippen molar-refractivity contribution in [3.05, 3.63) is 11.8 Å². The molecule has 0 unspecified atom stereocenters. The number of aromatic nitrogens is 2. The molecule has 88 valence electrons. The normalized spacial score (nSPS) is 17.1. The van der Waals surface area contributed by atoms with Crippen LogP contribution in [0.15, 0.2) is 6.20 Å². The minimum absolute atomic E-state index is 0.658. The van der Waals surface area contributed by atoms with Gasteiger partial charge in [0, 0.05) is 31.9 Å². The summed E-state index contributed by atoms with van der Waals surface area (Å²) in [4.78, 5) is 8.58. The SMILES string of the molecule is CNc1ncc(C)c(NN2CCCCC2)n1. The summed E-state index contributed by atoms with van der Waals surface area (Å²) in [5.74, 6) is 1.56. The summed E-state index contributed by atoms with van der Waals surface area (Å²) in [6.45, 7) is 4.21. The third kappa shape index (κ3) is 2.61. The fraction of sp³-hybridized carbons (Fsp3) is 0.636. The molecule has 1 fully saturated rings.